The molecule has 2 aromatic rings. The highest BCUT2D eigenvalue weighted by Crippen LogP contribution is 2.25. The Bertz CT molecular complexity index is 710. The Morgan fingerprint density at radius 3 is 2.57 bits per heavy atom. The number of hydrogen-bond acceptors (Lipinski definition) is 4. The molecule has 2 aromatic carbocycles. The van der Waals surface area contributed by atoms with Gasteiger partial charge in [0, 0.05) is 11.6 Å². The van der Waals surface area contributed by atoms with Crippen LogP contribution in [-0.4, -0.2) is 29.9 Å². The first kappa shape index (κ1) is 16.3. The van der Waals surface area contributed by atoms with Crippen LogP contribution < -0.4 is 10.1 Å². The lowest BCUT2D eigenvalue weighted by Gasteiger charge is -2.09. The van der Waals surface area contributed by atoms with Gasteiger partial charge in [0.2, 0.25) is 5.91 Å². The van der Waals surface area contributed by atoms with Crippen molar-refractivity contribution in [1.82, 2.24) is 5.32 Å². The summed E-state index contributed by atoms with van der Waals surface area (Å²) in [5.41, 5.74) is 0.715. The van der Waals surface area contributed by atoms with Crippen molar-refractivity contribution in [2.24, 2.45) is 0 Å². The number of phenolic OH excluding ortho intramolecular Hbond substituents is 1. The van der Waals surface area contributed by atoms with Crippen LogP contribution in [0.2, 0.25) is 0 Å². The minimum atomic E-state index is -0.278. The van der Waals surface area contributed by atoms with Crippen LogP contribution in [0.3, 0.4) is 0 Å². The molecule has 0 unspecified atom stereocenters. The van der Waals surface area contributed by atoms with Crippen molar-refractivity contribution in [2.75, 3.05) is 13.2 Å². The summed E-state index contributed by atoms with van der Waals surface area (Å²) in [5, 5.41) is 12.6. The highest BCUT2D eigenvalue weighted by atomic mass is 16.5. The third-order valence-corrected chi connectivity index (χ3v) is 3.11. The van der Waals surface area contributed by atoms with Gasteiger partial charge in [0.05, 0.1) is 12.1 Å². The monoisotopic (exact) mass is 311 g/mol. The van der Waals surface area contributed by atoms with E-state index in [0.717, 1.165) is 0 Å². The molecular weight excluding hydrogens is 294 g/mol. The van der Waals surface area contributed by atoms with Gasteiger partial charge in [0.25, 0.3) is 0 Å². The van der Waals surface area contributed by atoms with Crippen molar-refractivity contribution in [1.29, 1.82) is 0 Å². The Balaban J connectivity index is 1.99. The van der Waals surface area contributed by atoms with E-state index >= 15 is 0 Å². The summed E-state index contributed by atoms with van der Waals surface area (Å²) in [5.74, 6) is -0.264. The van der Waals surface area contributed by atoms with Gasteiger partial charge >= 0.3 is 0 Å². The van der Waals surface area contributed by atoms with Crippen LogP contribution in [0.15, 0.2) is 61.2 Å². The molecule has 0 radical (unpaired) electrons. The fourth-order valence-electron chi connectivity index (χ4n) is 1.95. The Hall–Kier alpha value is -3.08. The van der Waals surface area contributed by atoms with Crippen molar-refractivity contribution in [3.8, 4) is 11.5 Å². The Morgan fingerprint density at radius 1 is 1.17 bits per heavy atom. The average Bonchev–Trinajstić information content (AvgIpc) is 2.58. The van der Waals surface area contributed by atoms with Gasteiger partial charge in [0.1, 0.15) is 18.1 Å². The molecule has 0 saturated carbocycles. The van der Waals surface area contributed by atoms with E-state index in [1.165, 1.54) is 18.2 Å². The number of amides is 1. The van der Waals surface area contributed by atoms with Crippen LogP contribution in [0.5, 0.6) is 11.5 Å². The number of aromatic hydroxyl groups is 1. The summed E-state index contributed by atoms with van der Waals surface area (Å²) >= 11 is 0. The molecule has 5 heteroatoms. The SMILES string of the molecule is C=CC(=O)NCCOc1ccc(C(=O)c2ccccc2)c(O)c1. The smallest absolute Gasteiger partial charge is 0.243 e. The molecular formula is C18H17NO4. The molecule has 0 aliphatic heterocycles. The number of hydrogen-bond donors (Lipinski definition) is 2. The number of rotatable bonds is 7. The van der Waals surface area contributed by atoms with Gasteiger partial charge in [-0.3, -0.25) is 9.59 Å². The highest BCUT2D eigenvalue weighted by Gasteiger charge is 2.13. The van der Waals surface area contributed by atoms with E-state index in [4.69, 9.17) is 4.74 Å². The summed E-state index contributed by atoms with van der Waals surface area (Å²) in [6.45, 7) is 3.90. The molecule has 0 atom stereocenters. The first-order valence-electron chi connectivity index (χ1n) is 7.07. The molecule has 0 saturated heterocycles. The Labute approximate surface area is 134 Å². The highest BCUT2D eigenvalue weighted by molar-refractivity contribution is 6.10. The zero-order valence-corrected chi connectivity index (χ0v) is 12.5. The van der Waals surface area contributed by atoms with E-state index in [0.29, 0.717) is 17.9 Å². The van der Waals surface area contributed by atoms with E-state index in [9.17, 15) is 14.7 Å². The number of ketones is 1. The number of phenols is 1. The number of carbonyl (C=O) groups is 2. The van der Waals surface area contributed by atoms with Crippen LogP contribution in [0.25, 0.3) is 0 Å². The van der Waals surface area contributed by atoms with Crippen molar-refractivity contribution in [2.45, 2.75) is 0 Å². The van der Waals surface area contributed by atoms with Gasteiger partial charge in [-0.15, -0.1) is 0 Å². The van der Waals surface area contributed by atoms with Gasteiger partial charge in [-0.25, -0.2) is 0 Å². The maximum Gasteiger partial charge on any atom is 0.243 e. The Kier molecular flexibility index (Phi) is 5.52. The zero-order valence-electron chi connectivity index (χ0n) is 12.5. The van der Waals surface area contributed by atoms with Crippen molar-refractivity contribution < 1.29 is 19.4 Å². The number of nitrogens with one attached hydrogen (secondary N) is 1. The van der Waals surface area contributed by atoms with Gasteiger partial charge in [-0.05, 0) is 18.2 Å². The number of benzene rings is 2. The predicted molar refractivity (Wildman–Crippen MR) is 86.7 cm³/mol. The van der Waals surface area contributed by atoms with E-state index < -0.39 is 0 Å². The molecule has 0 aromatic heterocycles. The topological polar surface area (TPSA) is 75.6 Å². The van der Waals surface area contributed by atoms with Gasteiger partial charge in [-0.2, -0.15) is 0 Å². The molecule has 2 rings (SSSR count). The maximum absolute atomic E-state index is 12.3. The van der Waals surface area contributed by atoms with Crippen LogP contribution in [0, 0.1) is 0 Å². The normalized spacial score (nSPS) is 9.91. The molecule has 2 N–H and O–H groups in total. The summed E-state index contributed by atoms with van der Waals surface area (Å²) in [4.78, 5) is 23.3. The quantitative estimate of drug-likeness (QED) is 0.467. The van der Waals surface area contributed by atoms with E-state index in [-0.39, 0.29) is 29.6 Å². The molecule has 0 spiro atoms. The van der Waals surface area contributed by atoms with E-state index in [1.54, 1.807) is 30.3 Å². The minimum absolute atomic E-state index is 0.147. The molecule has 1 amide bonds. The van der Waals surface area contributed by atoms with Gasteiger partial charge in [0.15, 0.2) is 5.78 Å². The molecule has 23 heavy (non-hydrogen) atoms. The molecule has 0 fully saturated rings. The molecule has 5 nitrogen and oxygen atoms in total. The first-order valence-corrected chi connectivity index (χ1v) is 7.07. The molecule has 0 bridgehead atoms. The molecule has 118 valence electrons. The first-order chi connectivity index (χ1) is 11.1. The largest absolute Gasteiger partial charge is 0.507 e. The second kappa shape index (κ2) is 7.79. The predicted octanol–water partition coefficient (Wildman–Crippen LogP) is 2.30. The van der Waals surface area contributed by atoms with Crippen molar-refractivity contribution in [3.63, 3.8) is 0 Å². The molecule has 0 aliphatic carbocycles. The lowest BCUT2D eigenvalue weighted by molar-refractivity contribution is -0.116. The number of ether oxygens (including phenoxy) is 1. The minimum Gasteiger partial charge on any atom is -0.507 e. The van der Waals surface area contributed by atoms with E-state index in [1.807, 2.05) is 6.07 Å². The summed E-state index contributed by atoms with van der Waals surface area (Å²) in [7, 11) is 0. The van der Waals surface area contributed by atoms with Crippen LogP contribution in [0.1, 0.15) is 15.9 Å². The summed E-state index contributed by atoms with van der Waals surface area (Å²) in [6.07, 6.45) is 1.18. The van der Waals surface area contributed by atoms with Crippen molar-refractivity contribution >= 4 is 11.7 Å². The van der Waals surface area contributed by atoms with Crippen molar-refractivity contribution in [3.05, 3.63) is 72.3 Å². The fourth-order valence-corrected chi connectivity index (χ4v) is 1.95. The zero-order chi connectivity index (χ0) is 16.7. The fraction of sp³-hybridized carbons (Fsp3) is 0.111. The molecule has 0 aliphatic rings. The lowest BCUT2D eigenvalue weighted by atomic mass is 10.0. The average molecular weight is 311 g/mol. The van der Waals surface area contributed by atoms with Gasteiger partial charge < -0.3 is 15.2 Å². The van der Waals surface area contributed by atoms with Gasteiger partial charge in [-0.1, -0.05) is 36.9 Å². The number of carbonyl (C=O) groups excluding carboxylic acids is 2. The lowest BCUT2D eigenvalue weighted by Crippen LogP contribution is -2.26. The summed E-state index contributed by atoms with van der Waals surface area (Å²) < 4.78 is 5.40. The maximum atomic E-state index is 12.3. The molecule has 0 heterocycles. The second-order valence-corrected chi connectivity index (χ2v) is 4.72. The van der Waals surface area contributed by atoms with E-state index in [2.05, 4.69) is 11.9 Å². The summed E-state index contributed by atoms with van der Waals surface area (Å²) in [6, 6.07) is 13.2. The third kappa shape index (κ3) is 4.44. The third-order valence-electron chi connectivity index (χ3n) is 3.11. The van der Waals surface area contributed by atoms with Crippen LogP contribution in [-0.2, 0) is 4.79 Å². The van der Waals surface area contributed by atoms with Crippen LogP contribution >= 0.6 is 0 Å². The van der Waals surface area contributed by atoms with Crippen LogP contribution in [0.4, 0.5) is 0 Å². The standard InChI is InChI=1S/C18H17NO4/c1-2-17(21)19-10-11-23-14-8-9-15(16(20)12-14)18(22)13-6-4-3-5-7-13/h2-9,12,20H,1,10-11H2,(H,19,21). The Morgan fingerprint density at radius 2 is 1.91 bits per heavy atom. The second-order valence-electron chi connectivity index (χ2n) is 4.72.